The minimum Gasteiger partial charge on any atom is -0.480 e. The number of amides is 2. The zero-order valence-electron chi connectivity index (χ0n) is 15.1. The summed E-state index contributed by atoms with van der Waals surface area (Å²) >= 11 is 0. The van der Waals surface area contributed by atoms with Gasteiger partial charge in [0.05, 0.1) is 6.54 Å². The molecule has 0 aliphatic carbocycles. The van der Waals surface area contributed by atoms with E-state index in [2.05, 4.69) is 22.1 Å². The molecule has 2 aliphatic heterocycles. The standard InChI is InChI=1S/C19H24N4O4/c1-2-13-11-14(20-15-4-6-17(24)21-19(15)27)3-5-16(13)23-9-7-22(8-10-23)12-18(25)26/h2-3,5,11,15,20H,1,4,6-10,12H2,(H,25,26)(H,21,24,27). The number of aliphatic carboxylic acids is 1. The lowest BCUT2D eigenvalue weighted by molar-refractivity contribution is -0.138. The molecule has 1 aromatic carbocycles. The molecule has 0 aromatic heterocycles. The predicted molar refractivity (Wildman–Crippen MR) is 103 cm³/mol. The SMILES string of the molecule is C=Cc1cc(NC2CCC(=O)NC2=O)ccc1N1CCN(CC(=O)O)CC1. The van der Waals surface area contributed by atoms with Crippen molar-refractivity contribution in [2.75, 3.05) is 42.9 Å². The highest BCUT2D eigenvalue weighted by molar-refractivity contribution is 6.01. The number of rotatable bonds is 6. The summed E-state index contributed by atoms with van der Waals surface area (Å²) in [6, 6.07) is 5.41. The van der Waals surface area contributed by atoms with Crippen LogP contribution in [-0.2, 0) is 14.4 Å². The highest BCUT2D eigenvalue weighted by Crippen LogP contribution is 2.27. The lowest BCUT2D eigenvalue weighted by Gasteiger charge is -2.36. The molecule has 0 spiro atoms. The molecule has 27 heavy (non-hydrogen) atoms. The van der Waals surface area contributed by atoms with Crippen LogP contribution in [0.1, 0.15) is 18.4 Å². The van der Waals surface area contributed by atoms with Crippen LogP contribution in [-0.4, -0.2) is 66.6 Å². The number of nitrogens with one attached hydrogen (secondary N) is 2. The number of hydrogen-bond acceptors (Lipinski definition) is 6. The minimum absolute atomic E-state index is 0.0664. The smallest absolute Gasteiger partial charge is 0.317 e. The number of carbonyl (C=O) groups excluding carboxylic acids is 2. The molecule has 2 heterocycles. The number of nitrogens with zero attached hydrogens (tertiary/aromatic N) is 2. The first kappa shape index (κ1) is 18.9. The van der Waals surface area contributed by atoms with Crippen molar-refractivity contribution < 1.29 is 19.5 Å². The fourth-order valence-electron chi connectivity index (χ4n) is 3.47. The van der Waals surface area contributed by atoms with Gasteiger partial charge in [-0.05, 0) is 30.2 Å². The van der Waals surface area contributed by atoms with Gasteiger partial charge in [0.2, 0.25) is 11.8 Å². The number of carboxylic acids is 1. The number of hydrogen-bond donors (Lipinski definition) is 3. The molecule has 0 saturated carbocycles. The molecular formula is C19H24N4O4. The van der Waals surface area contributed by atoms with Crippen molar-refractivity contribution in [2.24, 2.45) is 0 Å². The molecule has 8 heteroatoms. The highest BCUT2D eigenvalue weighted by atomic mass is 16.4. The molecule has 2 fully saturated rings. The largest absolute Gasteiger partial charge is 0.480 e. The van der Waals surface area contributed by atoms with Crippen molar-refractivity contribution in [3.63, 3.8) is 0 Å². The van der Waals surface area contributed by atoms with E-state index in [1.165, 1.54) is 0 Å². The summed E-state index contributed by atoms with van der Waals surface area (Å²) in [6.07, 6.45) is 2.58. The Morgan fingerprint density at radius 3 is 2.67 bits per heavy atom. The van der Waals surface area contributed by atoms with Crippen molar-refractivity contribution in [2.45, 2.75) is 18.9 Å². The van der Waals surface area contributed by atoms with Crippen LogP contribution >= 0.6 is 0 Å². The van der Waals surface area contributed by atoms with Gasteiger partial charge in [0.15, 0.2) is 0 Å². The van der Waals surface area contributed by atoms with E-state index in [0.29, 0.717) is 25.9 Å². The van der Waals surface area contributed by atoms with Gasteiger partial charge in [-0.3, -0.25) is 24.6 Å². The average Bonchev–Trinajstić information content (AvgIpc) is 2.64. The lowest BCUT2D eigenvalue weighted by atomic mass is 10.0. The molecule has 1 unspecified atom stereocenters. The second kappa shape index (κ2) is 8.22. The summed E-state index contributed by atoms with van der Waals surface area (Å²) in [7, 11) is 0. The second-order valence-electron chi connectivity index (χ2n) is 6.78. The number of imide groups is 1. The van der Waals surface area contributed by atoms with Crippen LogP contribution in [0.15, 0.2) is 24.8 Å². The van der Waals surface area contributed by atoms with Crippen molar-refractivity contribution in [3.05, 3.63) is 30.3 Å². The summed E-state index contributed by atoms with van der Waals surface area (Å²) < 4.78 is 0. The minimum atomic E-state index is -0.806. The Morgan fingerprint density at radius 1 is 1.30 bits per heavy atom. The van der Waals surface area contributed by atoms with E-state index in [-0.39, 0.29) is 18.4 Å². The Morgan fingerprint density at radius 2 is 2.04 bits per heavy atom. The van der Waals surface area contributed by atoms with E-state index in [9.17, 15) is 14.4 Å². The average molecular weight is 372 g/mol. The van der Waals surface area contributed by atoms with Crippen molar-refractivity contribution >= 4 is 35.2 Å². The van der Waals surface area contributed by atoms with Crippen LogP contribution in [0.3, 0.4) is 0 Å². The summed E-state index contributed by atoms with van der Waals surface area (Å²) in [5.41, 5.74) is 2.78. The summed E-state index contributed by atoms with van der Waals surface area (Å²) in [5.74, 6) is -1.34. The summed E-state index contributed by atoms with van der Waals surface area (Å²) in [4.78, 5) is 38.1. The fourth-order valence-corrected chi connectivity index (χ4v) is 3.47. The molecule has 3 rings (SSSR count). The molecule has 1 atom stereocenters. The normalized spacial score (nSPS) is 20.9. The molecule has 0 radical (unpaired) electrons. The number of piperidine rings is 1. The zero-order valence-corrected chi connectivity index (χ0v) is 15.1. The van der Waals surface area contributed by atoms with Gasteiger partial charge in [-0.2, -0.15) is 0 Å². The highest BCUT2D eigenvalue weighted by Gasteiger charge is 2.26. The van der Waals surface area contributed by atoms with Crippen LogP contribution < -0.4 is 15.5 Å². The van der Waals surface area contributed by atoms with Gasteiger partial charge in [-0.25, -0.2) is 0 Å². The monoisotopic (exact) mass is 372 g/mol. The van der Waals surface area contributed by atoms with Gasteiger partial charge in [0.25, 0.3) is 0 Å². The Kier molecular flexibility index (Phi) is 5.75. The van der Waals surface area contributed by atoms with Crippen LogP contribution in [0.5, 0.6) is 0 Å². The van der Waals surface area contributed by atoms with Crippen LogP contribution in [0.25, 0.3) is 6.08 Å². The van der Waals surface area contributed by atoms with E-state index < -0.39 is 12.0 Å². The van der Waals surface area contributed by atoms with E-state index >= 15 is 0 Å². The van der Waals surface area contributed by atoms with Gasteiger partial charge >= 0.3 is 5.97 Å². The van der Waals surface area contributed by atoms with E-state index in [4.69, 9.17) is 5.11 Å². The van der Waals surface area contributed by atoms with Crippen LogP contribution in [0.4, 0.5) is 11.4 Å². The maximum atomic E-state index is 11.9. The Labute approximate surface area is 157 Å². The molecule has 2 amide bonds. The van der Waals surface area contributed by atoms with E-state index in [1.54, 1.807) is 6.08 Å². The van der Waals surface area contributed by atoms with Gasteiger partial charge in [-0.15, -0.1) is 0 Å². The fraction of sp³-hybridized carbons (Fsp3) is 0.421. The maximum absolute atomic E-state index is 11.9. The number of anilines is 2. The van der Waals surface area contributed by atoms with Gasteiger partial charge in [0, 0.05) is 44.0 Å². The number of piperazine rings is 1. The first-order valence-corrected chi connectivity index (χ1v) is 9.02. The van der Waals surface area contributed by atoms with Crippen molar-refractivity contribution in [1.29, 1.82) is 0 Å². The maximum Gasteiger partial charge on any atom is 0.317 e. The van der Waals surface area contributed by atoms with Gasteiger partial charge < -0.3 is 15.3 Å². The third kappa shape index (κ3) is 4.65. The Hall–Kier alpha value is -2.87. The summed E-state index contributed by atoms with van der Waals surface area (Å²) in [5, 5.41) is 14.4. The first-order chi connectivity index (χ1) is 13.0. The quantitative estimate of drug-likeness (QED) is 0.634. The van der Waals surface area contributed by atoms with Gasteiger partial charge in [-0.1, -0.05) is 12.7 Å². The molecular weight excluding hydrogens is 348 g/mol. The Balaban J connectivity index is 1.66. The predicted octanol–water partition coefficient (Wildman–Crippen LogP) is 0.753. The van der Waals surface area contributed by atoms with E-state index in [0.717, 1.165) is 30.0 Å². The Bertz CT molecular complexity index is 756. The van der Waals surface area contributed by atoms with Crippen molar-refractivity contribution in [3.8, 4) is 0 Å². The molecule has 1 aromatic rings. The van der Waals surface area contributed by atoms with E-state index in [1.807, 2.05) is 23.1 Å². The van der Waals surface area contributed by atoms with Crippen LogP contribution in [0.2, 0.25) is 0 Å². The number of benzene rings is 1. The van der Waals surface area contributed by atoms with Crippen LogP contribution in [0, 0.1) is 0 Å². The third-order valence-electron chi connectivity index (χ3n) is 4.90. The first-order valence-electron chi connectivity index (χ1n) is 9.02. The molecule has 2 saturated heterocycles. The molecule has 144 valence electrons. The van der Waals surface area contributed by atoms with Crippen molar-refractivity contribution in [1.82, 2.24) is 10.2 Å². The zero-order chi connectivity index (χ0) is 19.4. The lowest BCUT2D eigenvalue weighted by Crippen LogP contribution is -2.48. The number of carbonyl (C=O) groups is 3. The molecule has 8 nitrogen and oxygen atoms in total. The topological polar surface area (TPSA) is 102 Å². The number of carboxylic acid groups (broad SMARTS) is 1. The third-order valence-corrected chi connectivity index (χ3v) is 4.90. The molecule has 0 bridgehead atoms. The summed E-state index contributed by atoms with van der Waals surface area (Å²) in [6.45, 7) is 6.83. The van der Waals surface area contributed by atoms with Gasteiger partial charge in [0.1, 0.15) is 6.04 Å². The second-order valence-corrected chi connectivity index (χ2v) is 6.78. The molecule has 3 N–H and O–H groups in total. The molecule has 2 aliphatic rings.